The van der Waals surface area contributed by atoms with Crippen LogP contribution in [0.2, 0.25) is 0 Å². The Morgan fingerprint density at radius 3 is 2.23 bits per heavy atom. The molecule has 10 heteroatoms. The third kappa shape index (κ3) is 2.52. The number of phenolic OH excluding ortho intramolecular Hbond substituents is 1. The number of methoxy groups -OCH3 is 1. The molecule has 6 atom stereocenters. The summed E-state index contributed by atoms with van der Waals surface area (Å²) in [5.74, 6) is -7.60. The van der Waals surface area contributed by atoms with Crippen molar-refractivity contribution in [1.82, 2.24) is 10.1 Å². The zero-order valence-electron chi connectivity index (χ0n) is 16.5. The molecule has 4 amide bonds. The first kappa shape index (κ1) is 19.7. The molecule has 2 saturated heterocycles. The van der Waals surface area contributed by atoms with Gasteiger partial charge in [0.15, 0.2) is 0 Å². The highest BCUT2D eigenvalue weighted by molar-refractivity contribution is 6.06. The van der Waals surface area contributed by atoms with Crippen LogP contribution in [-0.2, 0) is 19.2 Å². The number of allylic oxidation sites excluding steroid dienone is 2. The summed E-state index contributed by atoms with van der Waals surface area (Å²) in [6.07, 6.45) is 2.02. The van der Waals surface area contributed by atoms with Gasteiger partial charge in [-0.3, -0.25) is 29.6 Å². The van der Waals surface area contributed by atoms with Crippen LogP contribution in [-0.4, -0.2) is 56.4 Å². The predicted molar refractivity (Wildman–Crippen MR) is 99.4 cm³/mol. The lowest BCUT2D eigenvalue weighted by molar-refractivity contribution is -0.174. The van der Waals surface area contributed by atoms with Gasteiger partial charge in [-0.1, -0.05) is 11.6 Å². The van der Waals surface area contributed by atoms with E-state index in [2.05, 4.69) is 0 Å². The number of amides is 4. The van der Waals surface area contributed by atoms with E-state index in [0.29, 0.717) is 16.9 Å². The van der Waals surface area contributed by atoms with Gasteiger partial charge in [-0.05, 0) is 37.0 Å². The minimum Gasteiger partial charge on any atom is -0.508 e. The molecule has 4 aliphatic rings. The normalized spacial score (nSPS) is 34.5. The summed E-state index contributed by atoms with van der Waals surface area (Å²) in [7, 11) is 1.45. The van der Waals surface area contributed by atoms with E-state index >= 15 is 0 Å². The number of aromatic hydroxyl groups is 1. The summed E-state index contributed by atoms with van der Waals surface area (Å²) in [5, 5.41) is 30.8. The molecule has 0 unspecified atom stereocenters. The molecule has 1 aromatic rings. The first-order valence-corrected chi connectivity index (χ1v) is 9.96. The fraction of sp³-hybridized carbons (Fsp3) is 0.429. The number of hydrogen-bond acceptors (Lipinski definition) is 8. The number of ether oxygens (including phenoxy) is 1. The number of fused-ring (bicyclic) bond motifs is 4. The van der Waals surface area contributed by atoms with E-state index in [9.17, 15) is 34.7 Å². The van der Waals surface area contributed by atoms with Crippen LogP contribution in [0.5, 0.6) is 11.5 Å². The highest BCUT2D eigenvalue weighted by Crippen LogP contribution is 2.58. The Hall–Kier alpha value is -3.24. The summed E-state index contributed by atoms with van der Waals surface area (Å²) in [6, 6.07) is 4.52. The van der Waals surface area contributed by atoms with Crippen LogP contribution >= 0.6 is 0 Å². The average Bonchev–Trinajstić information content (AvgIpc) is 3.13. The van der Waals surface area contributed by atoms with Gasteiger partial charge >= 0.3 is 0 Å². The standard InChI is InChI=1S/C21H20N2O8/c1-31-8-2-5-14(24)12(6-8)15-9-3-4-10-16(20(27)22(29)18(10)25)11(9)7-13-17(15)21(28)23(30)19(13)26/h2-3,5-6,10-11,13,15-17,24,29-30H,4,7H2,1H3/t10-,11+,13+,15+,16-,17+/m0/s1. The van der Waals surface area contributed by atoms with Crippen LogP contribution in [0.1, 0.15) is 24.3 Å². The third-order valence-corrected chi connectivity index (χ3v) is 7.17. The largest absolute Gasteiger partial charge is 0.508 e. The topological polar surface area (TPSA) is 145 Å². The fourth-order valence-corrected chi connectivity index (χ4v) is 5.81. The monoisotopic (exact) mass is 428 g/mol. The molecule has 10 nitrogen and oxygen atoms in total. The van der Waals surface area contributed by atoms with Crippen LogP contribution in [0.3, 0.4) is 0 Å². The minimum atomic E-state index is -0.966. The molecule has 3 N–H and O–H groups in total. The quantitative estimate of drug-likeness (QED) is 0.357. The van der Waals surface area contributed by atoms with Crippen molar-refractivity contribution in [2.45, 2.75) is 18.8 Å². The van der Waals surface area contributed by atoms with E-state index in [0.717, 1.165) is 0 Å². The molecule has 162 valence electrons. The maximum absolute atomic E-state index is 12.8. The van der Waals surface area contributed by atoms with Crippen molar-refractivity contribution in [1.29, 1.82) is 0 Å². The molecule has 2 aliphatic carbocycles. The van der Waals surface area contributed by atoms with E-state index in [1.165, 1.54) is 13.2 Å². The lowest BCUT2D eigenvalue weighted by Crippen LogP contribution is -2.43. The molecule has 0 aromatic heterocycles. The lowest BCUT2D eigenvalue weighted by Gasteiger charge is -2.43. The lowest BCUT2D eigenvalue weighted by atomic mass is 9.57. The van der Waals surface area contributed by atoms with Crippen LogP contribution in [0.25, 0.3) is 0 Å². The number of benzene rings is 1. The van der Waals surface area contributed by atoms with Crippen LogP contribution in [0.4, 0.5) is 0 Å². The van der Waals surface area contributed by atoms with Gasteiger partial charge in [0.25, 0.3) is 23.6 Å². The highest BCUT2D eigenvalue weighted by Gasteiger charge is 2.62. The Kier molecular flexibility index (Phi) is 4.21. The van der Waals surface area contributed by atoms with Crippen molar-refractivity contribution in [2.75, 3.05) is 7.11 Å². The van der Waals surface area contributed by atoms with Crippen molar-refractivity contribution in [3.05, 3.63) is 35.4 Å². The molecule has 2 heterocycles. The fourth-order valence-electron chi connectivity index (χ4n) is 5.81. The molecular formula is C21H20N2O8. The maximum atomic E-state index is 12.8. The van der Waals surface area contributed by atoms with Crippen LogP contribution in [0, 0.1) is 29.6 Å². The van der Waals surface area contributed by atoms with E-state index in [1.807, 2.05) is 0 Å². The molecule has 2 aliphatic heterocycles. The van der Waals surface area contributed by atoms with E-state index < -0.39 is 59.1 Å². The number of imide groups is 2. The average molecular weight is 428 g/mol. The molecule has 1 saturated carbocycles. The van der Waals surface area contributed by atoms with E-state index in [4.69, 9.17) is 4.74 Å². The number of carbonyl (C=O) groups excluding carboxylic acids is 4. The Morgan fingerprint density at radius 2 is 1.55 bits per heavy atom. The van der Waals surface area contributed by atoms with Crippen molar-refractivity contribution in [3.8, 4) is 11.5 Å². The number of carbonyl (C=O) groups is 4. The number of hydroxylamine groups is 4. The van der Waals surface area contributed by atoms with Crippen LogP contribution in [0.15, 0.2) is 29.8 Å². The minimum absolute atomic E-state index is 0.0768. The van der Waals surface area contributed by atoms with Gasteiger partial charge in [-0.2, -0.15) is 10.1 Å². The Morgan fingerprint density at radius 1 is 0.903 bits per heavy atom. The summed E-state index contributed by atoms with van der Waals surface area (Å²) < 4.78 is 5.25. The molecule has 3 fully saturated rings. The first-order chi connectivity index (χ1) is 14.8. The molecule has 1 aromatic carbocycles. The van der Waals surface area contributed by atoms with Crippen molar-refractivity contribution in [2.24, 2.45) is 29.6 Å². The molecule has 0 radical (unpaired) electrons. The van der Waals surface area contributed by atoms with Crippen molar-refractivity contribution < 1.29 is 39.4 Å². The molecule has 0 bridgehead atoms. The van der Waals surface area contributed by atoms with Gasteiger partial charge < -0.3 is 9.84 Å². The summed E-state index contributed by atoms with van der Waals surface area (Å²) in [5.41, 5.74) is 0.969. The second kappa shape index (κ2) is 6.63. The maximum Gasteiger partial charge on any atom is 0.258 e. The van der Waals surface area contributed by atoms with Gasteiger partial charge in [0.1, 0.15) is 11.5 Å². The Bertz CT molecular complexity index is 1070. The number of rotatable bonds is 2. The van der Waals surface area contributed by atoms with Gasteiger partial charge in [-0.25, -0.2) is 0 Å². The summed E-state index contributed by atoms with van der Waals surface area (Å²) >= 11 is 0. The number of nitrogens with zero attached hydrogens (tertiary/aromatic N) is 2. The second-order valence-corrected chi connectivity index (χ2v) is 8.43. The van der Waals surface area contributed by atoms with Crippen LogP contribution < -0.4 is 4.74 Å². The van der Waals surface area contributed by atoms with Gasteiger partial charge in [0.05, 0.1) is 30.8 Å². The zero-order chi connectivity index (χ0) is 22.2. The number of hydrogen-bond donors (Lipinski definition) is 3. The molecule has 5 rings (SSSR count). The molecule has 31 heavy (non-hydrogen) atoms. The molecular weight excluding hydrogens is 408 g/mol. The van der Waals surface area contributed by atoms with Gasteiger partial charge in [0, 0.05) is 11.5 Å². The smallest absolute Gasteiger partial charge is 0.258 e. The van der Waals surface area contributed by atoms with Gasteiger partial charge in [0.2, 0.25) is 0 Å². The summed E-state index contributed by atoms with van der Waals surface area (Å²) in [4.78, 5) is 50.4. The third-order valence-electron chi connectivity index (χ3n) is 7.17. The Balaban J connectivity index is 1.69. The highest BCUT2D eigenvalue weighted by atomic mass is 16.5. The molecule has 0 spiro atoms. The second-order valence-electron chi connectivity index (χ2n) is 8.43. The predicted octanol–water partition coefficient (Wildman–Crippen LogP) is 0.815. The first-order valence-electron chi connectivity index (χ1n) is 9.96. The van der Waals surface area contributed by atoms with Gasteiger partial charge in [-0.15, -0.1) is 0 Å². The van der Waals surface area contributed by atoms with E-state index in [-0.39, 0.29) is 28.7 Å². The SMILES string of the molecule is COc1ccc(O)c([C@H]2C3=CC[C@@H]4C(=O)N(O)C(=O)[C@@H]4[C@@H]3C[C@H]3C(=O)N(O)C(=O)[C@@H]23)c1. The zero-order valence-corrected chi connectivity index (χ0v) is 16.5. The van der Waals surface area contributed by atoms with E-state index in [1.54, 1.807) is 18.2 Å². The number of phenols is 1. The summed E-state index contributed by atoms with van der Waals surface area (Å²) in [6.45, 7) is 0. The van der Waals surface area contributed by atoms with Crippen molar-refractivity contribution in [3.63, 3.8) is 0 Å². The Labute approximate surface area is 176 Å². The van der Waals surface area contributed by atoms with Crippen molar-refractivity contribution >= 4 is 23.6 Å².